The summed E-state index contributed by atoms with van der Waals surface area (Å²) in [4.78, 5) is 6.74. The van der Waals surface area contributed by atoms with Crippen LogP contribution in [0.4, 0.5) is 5.69 Å². The Morgan fingerprint density at radius 1 is 1.29 bits per heavy atom. The molecule has 0 aromatic heterocycles. The van der Waals surface area contributed by atoms with E-state index in [0.29, 0.717) is 31.8 Å². The fourth-order valence-electron chi connectivity index (χ4n) is 2.51. The van der Waals surface area contributed by atoms with Crippen molar-refractivity contribution in [3.63, 3.8) is 0 Å². The zero-order valence-corrected chi connectivity index (χ0v) is 17.1. The molecule has 0 unspecified atom stereocenters. The second kappa shape index (κ2) is 10.6. The first kappa shape index (κ1) is 20.8. The second-order valence-electron chi connectivity index (χ2n) is 5.83. The first-order chi connectivity index (χ1) is 11.1. The zero-order valence-electron chi connectivity index (χ0n) is 14.7. The number of nitrogens with two attached hydrogens (primary N) is 1. The summed E-state index contributed by atoms with van der Waals surface area (Å²) in [5, 5.41) is 3.11. The molecule has 1 aromatic rings. The minimum Gasteiger partial charge on any atom is -0.490 e. The lowest BCUT2D eigenvalue weighted by Crippen LogP contribution is -2.33. The Bertz CT molecular complexity index is 537. The highest BCUT2D eigenvalue weighted by Gasteiger charge is 2.11. The maximum absolute atomic E-state index is 5.96. The highest BCUT2D eigenvalue weighted by Crippen LogP contribution is 2.32. The normalized spacial score (nSPS) is 14.3. The smallest absolute Gasteiger partial charge is 0.193 e. The maximum Gasteiger partial charge on any atom is 0.193 e. The van der Waals surface area contributed by atoms with Crippen LogP contribution in [0.25, 0.3) is 0 Å². The average molecular weight is 448 g/mol. The Morgan fingerprint density at radius 3 is 2.67 bits per heavy atom. The molecule has 0 bridgehead atoms. The largest absolute Gasteiger partial charge is 0.490 e. The number of benzene rings is 1. The van der Waals surface area contributed by atoms with Crippen LogP contribution in [0.3, 0.4) is 0 Å². The topological polar surface area (TPSA) is 72.1 Å². The van der Waals surface area contributed by atoms with E-state index in [0.717, 1.165) is 36.7 Å². The van der Waals surface area contributed by atoms with Crippen LogP contribution in [0.15, 0.2) is 23.2 Å². The van der Waals surface area contributed by atoms with Crippen molar-refractivity contribution in [1.82, 2.24) is 4.90 Å². The summed E-state index contributed by atoms with van der Waals surface area (Å²) in [6, 6.07) is 6.23. The van der Waals surface area contributed by atoms with Gasteiger partial charge in [-0.15, -0.1) is 24.0 Å². The minimum absolute atomic E-state index is 0. The van der Waals surface area contributed by atoms with Gasteiger partial charge < -0.3 is 20.5 Å². The molecular formula is C17H29IN4O2. The number of hydrogen-bond donors (Lipinski definition) is 2. The molecular weight excluding hydrogens is 419 g/mol. The number of anilines is 1. The van der Waals surface area contributed by atoms with Gasteiger partial charge in [-0.2, -0.15) is 0 Å². The van der Waals surface area contributed by atoms with Crippen LogP contribution in [-0.4, -0.2) is 49.7 Å². The molecule has 0 radical (unpaired) electrons. The molecule has 0 atom stereocenters. The maximum atomic E-state index is 5.96. The summed E-state index contributed by atoms with van der Waals surface area (Å²) >= 11 is 0. The molecule has 1 aliphatic rings. The Hall–Kier alpha value is -1.22. The van der Waals surface area contributed by atoms with Crippen molar-refractivity contribution in [3.8, 4) is 11.5 Å². The van der Waals surface area contributed by atoms with Crippen LogP contribution in [0.1, 0.15) is 27.2 Å². The van der Waals surface area contributed by atoms with E-state index in [1.807, 2.05) is 18.2 Å². The monoisotopic (exact) mass is 448 g/mol. The number of nitrogens with one attached hydrogen (secondary N) is 1. The van der Waals surface area contributed by atoms with Gasteiger partial charge in [-0.25, -0.2) is 0 Å². The van der Waals surface area contributed by atoms with Crippen molar-refractivity contribution in [2.45, 2.75) is 33.2 Å². The summed E-state index contributed by atoms with van der Waals surface area (Å²) < 4.78 is 11.3. The van der Waals surface area contributed by atoms with E-state index < -0.39 is 0 Å². The van der Waals surface area contributed by atoms with Crippen LogP contribution in [0.2, 0.25) is 0 Å². The number of aliphatic imine (C=N–C) groups is 1. The van der Waals surface area contributed by atoms with Gasteiger partial charge in [-0.1, -0.05) is 6.92 Å². The van der Waals surface area contributed by atoms with Crippen LogP contribution in [0, 0.1) is 0 Å². The van der Waals surface area contributed by atoms with E-state index in [1.54, 1.807) is 0 Å². The number of guanidine groups is 1. The molecule has 1 aromatic carbocycles. The number of nitrogens with zero attached hydrogens (tertiary/aromatic N) is 2. The number of ether oxygens (including phenoxy) is 2. The molecule has 7 heteroatoms. The van der Waals surface area contributed by atoms with Crippen LogP contribution in [-0.2, 0) is 0 Å². The lowest BCUT2D eigenvalue weighted by Gasteiger charge is -2.23. The molecule has 1 aliphatic heterocycles. The number of fused-ring (bicyclic) bond motifs is 1. The lowest BCUT2D eigenvalue weighted by atomic mass is 10.3. The standard InChI is InChI=1S/C17H28N4O2.HI/c1-4-21(13(2)3)9-8-19-17(18)20-14-6-7-15-16(12-14)23-11-5-10-22-15;/h6-7,12-13H,4-5,8-11H2,1-3H3,(H3,18,19,20);1H. The lowest BCUT2D eigenvalue weighted by molar-refractivity contribution is 0.241. The van der Waals surface area contributed by atoms with Gasteiger partial charge in [-0.05, 0) is 32.5 Å². The minimum atomic E-state index is 0. The molecule has 0 saturated carbocycles. The third kappa shape index (κ3) is 6.35. The van der Waals surface area contributed by atoms with Crippen LogP contribution < -0.4 is 20.5 Å². The van der Waals surface area contributed by atoms with Crippen molar-refractivity contribution in [2.24, 2.45) is 10.7 Å². The Kier molecular flexibility index (Phi) is 9.20. The van der Waals surface area contributed by atoms with Gasteiger partial charge >= 0.3 is 0 Å². The molecule has 0 spiro atoms. The van der Waals surface area contributed by atoms with Crippen molar-refractivity contribution >= 4 is 35.6 Å². The van der Waals surface area contributed by atoms with Gasteiger partial charge in [0, 0.05) is 30.8 Å². The summed E-state index contributed by atoms with van der Waals surface area (Å²) in [5.41, 5.74) is 6.82. The third-order valence-electron chi connectivity index (χ3n) is 3.83. The first-order valence-corrected chi connectivity index (χ1v) is 8.30. The number of halogens is 1. The fraction of sp³-hybridized carbons (Fsp3) is 0.588. The SMILES string of the molecule is CCN(CCN=C(N)Nc1ccc2c(c1)OCCCO2)C(C)C.I. The van der Waals surface area contributed by atoms with E-state index in [2.05, 4.69) is 36.0 Å². The molecule has 1 heterocycles. The molecule has 24 heavy (non-hydrogen) atoms. The van der Waals surface area contributed by atoms with Crippen molar-refractivity contribution in [1.29, 1.82) is 0 Å². The van der Waals surface area contributed by atoms with Gasteiger partial charge in [0.1, 0.15) is 0 Å². The van der Waals surface area contributed by atoms with Crippen molar-refractivity contribution < 1.29 is 9.47 Å². The molecule has 3 N–H and O–H groups in total. The summed E-state index contributed by atoms with van der Waals surface area (Å²) in [6.45, 7) is 10.5. The molecule has 0 fully saturated rings. The van der Waals surface area contributed by atoms with Crippen LogP contribution >= 0.6 is 24.0 Å². The van der Waals surface area contributed by atoms with Crippen LogP contribution in [0.5, 0.6) is 11.5 Å². The molecule has 6 nitrogen and oxygen atoms in total. The summed E-state index contributed by atoms with van der Waals surface area (Å²) in [6.07, 6.45) is 0.894. The molecule has 136 valence electrons. The predicted molar refractivity (Wildman–Crippen MR) is 110 cm³/mol. The Labute approximate surface area is 161 Å². The number of hydrogen-bond acceptors (Lipinski definition) is 4. The number of rotatable bonds is 6. The first-order valence-electron chi connectivity index (χ1n) is 8.30. The quantitative estimate of drug-likeness (QED) is 0.398. The molecule has 0 aliphatic carbocycles. The van der Waals surface area contributed by atoms with Crippen molar-refractivity contribution in [3.05, 3.63) is 18.2 Å². The van der Waals surface area contributed by atoms with E-state index >= 15 is 0 Å². The fourth-order valence-corrected chi connectivity index (χ4v) is 2.51. The van der Waals surface area contributed by atoms with Gasteiger partial charge in [0.05, 0.1) is 19.8 Å². The molecule has 0 saturated heterocycles. The highest BCUT2D eigenvalue weighted by atomic mass is 127. The highest BCUT2D eigenvalue weighted by molar-refractivity contribution is 14.0. The van der Waals surface area contributed by atoms with Gasteiger partial charge in [0.2, 0.25) is 0 Å². The Morgan fingerprint density at radius 2 is 2.00 bits per heavy atom. The van der Waals surface area contributed by atoms with Crippen molar-refractivity contribution in [2.75, 3.05) is 38.2 Å². The van der Waals surface area contributed by atoms with E-state index in [1.165, 1.54) is 0 Å². The van der Waals surface area contributed by atoms with Gasteiger partial charge in [0.25, 0.3) is 0 Å². The molecule has 0 amide bonds. The van der Waals surface area contributed by atoms with E-state index in [-0.39, 0.29) is 24.0 Å². The summed E-state index contributed by atoms with van der Waals surface area (Å²) in [5.74, 6) is 1.94. The number of likely N-dealkylation sites (N-methyl/N-ethyl adjacent to an activating group) is 1. The predicted octanol–water partition coefficient (Wildman–Crippen LogP) is 2.92. The second-order valence-corrected chi connectivity index (χ2v) is 5.83. The van der Waals surface area contributed by atoms with E-state index in [9.17, 15) is 0 Å². The zero-order chi connectivity index (χ0) is 16.7. The average Bonchev–Trinajstić information content (AvgIpc) is 2.76. The summed E-state index contributed by atoms with van der Waals surface area (Å²) in [7, 11) is 0. The van der Waals surface area contributed by atoms with Gasteiger partial charge in [0.15, 0.2) is 17.5 Å². The van der Waals surface area contributed by atoms with E-state index in [4.69, 9.17) is 15.2 Å². The van der Waals surface area contributed by atoms with Gasteiger partial charge in [-0.3, -0.25) is 9.89 Å². The Balaban J connectivity index is 0.00000288. The molecule has 2 rings (SSSR count). The third-order valence-corrected chi connectivity index (χ3v) is 3.83.